The van der Waals surface area contributed by atoms with Crippen molar-refractivity contribution in [2.75, 3.05) is 0 Å². The zero-order valence-corrected chi connectivity index (χ0v) is 9.69. The highest BCUT2D eigenvalue weighted by Crippen LogP contribution is 2.34. The molecule has 16 heavy (non-hydrogen) atoms. The van der Waals surface area contributed by atoms with Gasteiger partial charge in [0.25, 0.3) is 0 Å². The van der Waals surface area contributed by atoms with Gasteiger partial charge in [-0.15, -0.1) is 0 Å². The van der Waals surface area contributed by atoms with E-state index in [1.807, 2.05) is 0 Å². The van der Waals surface area contributed by atoms with Gasteiger partial charge < -0.3 is 15.9 Å². The van der Waals surface area contributed by atoms with Gasteiger partial charge in [0.2, 0.25) is 0 Å². The summed E-state index contributed by atoms with van der Waals surface area (Å²) in [5.41, 5.74) is 4.35. The number of carbonyl (C=O) groups is 1. The smallest absolute Gasteiger partial charge is 0.324 e. The van der Waals surface area contributed by atoms with Crippen molar-refractivity contribution in [1.82, 2.24) is 0 Å². The summed E-state index contributed by atoms with van der Waals surface area (Å²) in [5.74, 6) is -0.965. The lowest BCUT2D eigenvalue weighted by atomic mass is 9.69. The minimum Gasteiger partial charge on any atom is -0.508 e. The van der Waals surface area contributed by atoms with Crippen LogP contribution in [0.1, 0.15) is 26.3 Å². The number of hydrogen-bond donors (Lipinski definition) is 3. The molecule has 1 aromatic rings. The summed E-state index contributed by atoms with van der Waals surface area (Å²) < 4.78 is 0. The van der Waals surface area contributed by atoms with E-state index < -0.39 is 16.9 Å². The molecule has 1 aromatic carbocycles. The maximum Gasteiger partial charge on any atom is 0.324 e. The summed E-state index contributed by atoms with van der Waals surface area (Å²) in [6.07, 6.45) is 0. The number of aromatic hydroxyl groups is 1. The first kappa shape index (κ1) is 12.5. The lowest BCUT2D eigenvalue weighted by Gasteiger charge is -2.38. The van der Waals surface area contributed by atoms with E-state index in [-0.39, 0.29) is 5.75 Å². The van der Waals surface area contributed by atoms with Crippen molar-refractivity contribution in [2.45, 2.75) is 31.7 Å². The third-order valence-electron chi connectivity index (χ3n) is 3.31. The molecule has 0 radical (unpaired) electrons. The molecule has 0 spiro atoms. The number of phenols is 1. The van der Waals surface area contributed by atoms with Crippen LogP contribution in [0.4, 0.5) is 0 Å². The van der Waals surface area contributed by atoms with Crippen LogP contribution in [0.3, 0.4) is 0 Å². The van der Waals surface area contributed by atoms with Gasteiger partial charge in [-0.05, 0) is 24.6 Å². The number of aliphatic carboxylic acids is 1. The molecular formula is C12H17NO3. The summed E-state index contributed by atoms with van der Waals surface area (Å²) in [4.78, 5) is 11.1. The van der Waals surface area contributed by atoms with Gasteiger partial charge >= 0.3 is 5.97 Å². The lowest BCUT2D eigenvalue weighted by molar-refractivity contribution is -0.145. The van der Waals surface area contributed by atoms with E-state index in [1.165, 1.54) is 19.1 Å². The molecular weight excluding hydrogens is 206 g/mol. The molecule has 1 atom stereocenters. The Morgan fingerprint density at radius 3 is 2.31 bits per heavy atom. The minimum atomic E-state index is -1.40. The van der Waals surface area contributed by atoms with E-state index in [0.29, 0.717) is 5.56 Å². The third-order valence-corrected chi connectivity index (χ3v) is 3.31. The van der Waals surface area contributed by atoms with E-state index in [2.05, 4.69) is 0 Å². The van der Waals surface area contributed by atoms with Crippen LogP contribution in [0.2, 0.25) is 0 Å². The Kier molecular flexibility index (Phi) is 2.97. The first-order valence-corrected chi connectivity index (χ1v) is 5.01. The Morgan fingerprint density at radius 2 is 1.88 bits per heavy atom. The van der Waals surface area contributed by atoms with E-state index in [0.717, 1.165) is 0 Å². The Bertz CT molecular complexity index is 410. The summed E-state index contributed by atoms with van der Waals surface area (Å²) in [5, 5.41) is 18.5. The van der Waals surface area contributed by atoms with E-state index in [4.69, 9.17) is 10.8 Å². The summed E-state index contributed by atoms with van der Waals surface area (Å²) >= 11 is 0. The van der Waals surface area contributed by atoms with Crippen LogP contribution >= 0.6 is 0 Å². The summed E-state index contributed by atoms with van der Waals surface area (Å²) in [7, 11) is 0. The van der Waals surface area contributed by atoms with Gasteiger partial charge in [0.1, 0.15) is 11.3 Å². The van der Waals surface area contributed by atoms with Gasteiger partial charge in [-0.2, -0.15) is 0 Å². The summed E-state index contributed by atoms with van der Waals surface area (Å²) in [6.45, 7) is 4.96. The largest absolute Gasteiger partial charge is 0.508 e. The molecule has 4 N–H and O–H groups in total. The second-order valence-corrected chi connectivity index (χ2v) is 4.68. The Balaban J connectivity index is 3.26. The third kappa shape index (κ3) is 1.88. The average Bonchev–Trinajstić information content (AvgIpc) is 2.17. The number of phenolic OH excluding ortho intramolecular Hbond substituents is 1. The standard InChI is InChI=1S/C12H17NO3/c1-11(2,12(3,13)10(15)16)8-5-4-6-9(14)7-8/h4-7,14H,13H2,1-3H3,(H,15,16). The lowest BCUT2D eigenvalue weighted by Crippen LogP contribution is -2.58. The molecule has 1 rings (SSSR count). The van der Waals surface area contributed by atoms with Crippen molar-refractivity contribution < 1.29 is 15.0 Å². The predicted octanol–water partition coefficient (Wildman–Crippen LogP) is 1.47. The number of carboxylic acids is 1. The molecule has 0 amide bonds. The SMILES string of the molecule is CC(N)(C(=O)O)C(C)(C)c1cccc(O)c1. The minimum absolute atomic E-state index is 0.103. The van der Waals surface area contributed by atoms with Crippen LogP contribution in [0.5, 0.6) is 5.75 Å². The first-order chi connectivity index (χ1) is 7.19. The molecule has 4 nitrogen and oxygen atoms in total. The average molecular weight is 223 g/mol. The molecule has 0 saturated carbocycles. The molecule has 0 aromatic heterocycles. The highest BCUT2D eigenvalue weighted by atomic mass is 16.4. The fourth-order valence-corrected chi connectivity index (χ4v) is 1.46. The van der Waals surface area contributed by atoms with Crippen LogP contribution < -0.4 is 5.73 Å². The molecule has 0 bridgehead atoms. The maximum atomic E-state index is 11.1. The normalized spacial score (nSPS) is 15.5. The van der Waals surface area contributed by atoms with Crippen LogP contribution in [0.25, 0.3) is 0 Å². The van der Waals surface area contributed by atoms with Crippen LogP contribution in [0.15, 0.2) is 24.3 Å². The number of rotatable bonds is 3. The van der Waals surface area contributed by atoms with Gasteiger partial charge in [0.05, 0.1) is 0 Å². The zero-order chi connectivity index (χ0) is 12.6. The quantitative estimate of drug-likeness (QED) is 0.724. The number of hydrogen-bond acceptors (Lipinski definition) is 3. The fraction of sp³-hybridized carbons (Fsp3) is 0.417. The molecule has 0 heterocycles. The highest BCUT2D eigenvalue weighted by molar-refractivity contribution is 5.80. The van der Waals surface area contributed by atoms with Gasteiger partial charge in [0, 0.05) is 5.41 Å². The first-order valence-electron chi connectivity index (χ1n) is 5.01. The molecule has 0 saturated heterocycles. The molecule has 0 aliphatic carbocycles. The van der Waals surface area contributed by atoms with E-state index >= 15 is 0 Å². The van der Waals surface area contributed by atoms with Gasteiger partial charge in [-0.3, -0.25) is 4.79 Å². The van der Waals surface area contributed by atoms with Crippen molar-refractivity contribution in [2.24, 2.45) is 5.73 Å². The second kappa shape index (κ2) is 3.79. The van der Waals surface area contributed by atoms with Gasteiger partial charge in [-0.25, -0.2) is 0 Å². The Morgan fingerprint density at radius 1 is 1.31 bits per heavy atom. The molecule has 0 aliphatic heterocycles. The highest BCUT2D eigenvalue weighted by Gasteiger charge is 2.45. The maximum absolute atomic E-state index is 11.1. The van der Waals surface area contributed by atoms with E-state index in [9.17, 15) is 9.90 Å². The van der Waals surface area contributed by atoms with Crippen molar-refractivity contribution in [3.63, 3.8) is 0 Å². The van der Waals surface area contributed by atoms with Crippen molar-refractivity contribution in [3.8, 4) is 5.75 Å². The molecule has 0 aliphatic rings. The molecule has 88 valence electrons. The van der Waals surface area contributed by atoms with Gasteiger partial charge in [-0.1, -0.05) is 26.0 Å². The summed E-state index contributed by atoms with van der Waals surface area (Å²) in [6, 6.07) is 6.50. The van der Waals surface area contributed by atoms with Crippen molar-refractivity contribution >= 4 is 5.97 Å². The van der Waals surface area contributed by atoms with Gasteiger partial charge in [0.15, 0.2) is 0 Å². The predicted molar refractivity (Wildman–Crippen MR) is 61.4 cm³/mol. The molecule has 0 fully saturated rings. The fourth-order valence-electron chi connectivity index (χ4n) is 1.46. The second-order valence-electron chi connectivity index (χ2n) is 4.68. The molecule has 1 unspecified atom stereocenters. The molecule has 4 heteroatoms. The van der Waals surface area contributed by atoms with Crippen molar-refractivity contribution in [3.05, 3.63) is 29.8 Å². The Labute approximate surface area is 94.7 Å². The van der Waals surface area contributed by atoms with Crippen LogP contribution in [-0.2, 0) is 10.2 Å². The van der Waals surface area contributed by atoms with Crippen LogP contribution in [0, 0.1) is 0 Å². The topological polar surface area (TPSA) is 83.6 Å². The Hall–Kier alpha value is -1.55. The number of nitrogens with two attached hydrogens (primary N) is 1. The van der Waals surface area contributed by atoms with E-state index in [1.54, 1.807) is 26.0 Å². The van der Waals surface area contributed by atoms with Crippen LogP contribution in [-0.4, -0.2) is 21.7 Å². The number of benzene rings is 1. The monoisotopic (exact) mass is 223 g/mol. The van der Waals surface area contributed by atoms with Crippen molar-refractivity contribution in [1.29, 1.82) is 0 Å². The zero-order valence-electron chi connectivity index (χ0n) is 9.69. The number of carboxylic acid groups (broad SMARTS) is 1.